The van der Waals surface area contributed by atoms with Crippen molar-refractivity contribution >= 4 is 22.1 Å². The highest BCUT2D eigenvalue weighted by Crippen LogP contribution is 2.19. The van der Waals surface area contributed by atoms with Crippen molar-refractivity contribution in [1.29, 1.82) is 0 Å². The Labute approximate surface area is 125 Å². The van der Waals surface area contributed by atoms with Crippen LogP contribution in [0.2, 0.25) is 0 Å². The van der Waals surface area contributed by atoms with Gasteiger partial charge in [0.25, 0.3) is 0 Å². The van der Waals surface area contributed by atoms with Gasteiger partial charge in [0.1, 0.15) is 0 Å². The predicted octanol–water partition coefficient (Wildman–Crippen LogP) is 2.42. The molecule has 0 amide bonds. The number of hydrogen-bond donors (Lipinski definition) is 2. The highest BCUT2D eigenvalue weighted by atomic mass is 32.2. The number of rotatable bonds is 6. The van der Waals surface area contributed by atoms with Crippen LogP contribution in [0.25, 0.3) is 6.08 Å². The van der Waals surface area contributed by atoms with E-state index in [0.29, 0.717) is 11.1 Å². The van der Waals surface area contributed by atoms with E-state index in [0.717, 1.165) is 6.08 Å². The Morgan fingerprint density at radius 1 is 1.29 bits per heavy atom. The van der Waals surface area contributed by atoms with E-state index in [9.17, 15) is 13.2 Å². The molecule has 0 radical (unpaired) electrons. The number of carboxylic acid groups (broad SMARTS) is 1. The summed E-state index contributed by atoms with van der Waals surface area (Å²) in [5.74, 6) is -0.901. The van der Waals surface area contributed by atoms with E-state index in [4.69, 9.17) is 5.11 Å². The molecule has 116 valence electrons. The summed E-state index contributed by atoms with van der Waals surface area (Å²) < 4.78 is 27.5. The van der Waals surface area contributed by atoms with Crippen LogP contribution >= 0.6 is 0 Å². The van der Waals surface area contributed by atoms with E-state index in [1.54, 1.807) is 19.1 Å². The molecule has 0 saturated heterocycles. The molecule has 0 bridgehead atoms. The maximum atomic E-state index is 12.4. The summed E-state index contributed by atoms with van der Waals surface area (Å²) in [6.45, 7) is 7.39. The summed E-state index contributed by atoms with van der Waals surface area (Å²) in [5.41, 5.74) is 1.14. The van der Waals surface area contributed by atoms with Gasteiger partial charge in [-0.25, -0.2) is 17.9 Å². The summed E-state index contributed by atoms with van der Waals surface area (Å²) in [5, 5.41) is 8.62. The second-order valence-corrected chi connectivity index (χ2v) is 7.03. The van der Waals surface area contributed by atoms with Crippen LogP contribution in [-0.4, -0.2) is 25.5 Å². The van der Waals surface area contributed by atoms with Gasteiger partial charge in [-0.1, -0.05) is 26.0 Å². The predicted molar refractivity (Wildman–Crippen MR) is 82.5 cm³/mol. The second-order valence-electron chi connectivity index (χ2n) is 5.35. The van der Waals surface area contributed by atoms with Crippen LogP contribution < -0.4 is 4.72 Å². The van der Waals surface area contributed by atoms with Crippen LogP contribution in [0.3, 0.4) is 0 Å². The van der Waals surface area contributed by atoms with Crippen molar-refractivity contribution in [3.63, 3.8) is 0 Å². The number of carbonyl (C=O) groups is 1. The lowest BCUT2D eigenvalue weighted by molar-refractivity contribution is -0.131. The molecular formula is C15H21NO4S. The Balaban J connectivity index is 3.16. The average molecular weight is 311 g/mol. The van der Waals surface area contributed by atoms with E-state index in [2.05, 4.69) is 4.72 Å². The molecule has 0 aliphatic rings. The molecule has 1 aromatic carbocycles. The first-order chi connectivity index (χ1) is 9.63. The summed E-state index contributed by atoms with van der Waals surface area (Å²) >= 11 is 0. The molecule has 0 fully saturated rings. The van der Waals surface area contributed by atoms with E-state index >= 15 is 0 Å². The molecule has 0 aliphatic carbocycles. The Bertz CT molecular complexity index is 648. The first kappa shape index (κ1) is 17.4. The van der Waals surface area contributed by atoms with Crippen molar-refractivity contribution in [2.45, 2.75) is 38.6 Å². The molecular weight excluding hydrogens is 290 g/mol. The average Bonchev–Trinajstić information content (AvgIpc) is 2.36. The summed E-state index contributed by atoms with van der Waals surface area (Å²) in [7, 11) is -3.63. The van der Waals surface area contributed by atoms with Crippen LogP contribution in [-0.2, 0) is 14.8 Å². The Morgan fingerprint density at radius 3 is 2.43 bits per heavy atom. The van der Waals surface area contributed by atoms with Gasteiger partial charge in [-0.2, -0.15) is 0 Å². The van der Waals surface area contributed by atoms with Gasteiger partial charge in [0.2, 0.25) is 10.0 Å². The smallest absolute Gasteiger partial charge is 0.328 e. The lowest BCUT2D eigenvalue weighted by Crippen LogP contribution is -2.36. The molecule has 0 spiro atoms. The SMILES string of the molecule is Cc1ccc(C=CC(=O)O)cc1S(=O)(=O)NC(C)C(C)C. The molecule has 5 nitrogen and oxygen atoms in total. The van der Waals surface area contributed by atoms with Crippen molar-refractivity contribution < 1.29 is 18.3 Å². The number of carboxylic acids is 1. The third-order valence-electron chi connectivity index (χ3n) is 3.26. The van der Waals surface area contributed by atoms with Crippen molar-refractivity contribution in [3.8, 4) is 0 Å². The third kappa shape index (κ3) is 4.99. The fraction of sp³-hybridized carbons (Fsp3) is 0.400. The molecule has 2 N–H and O–H groups in total. The van der Waals surface area contributed by atoms with Gasteiger partial charge in [-0.3, -0.25) is 0 Å². The van der Waals surface area contributed by atoms with Crippen LogP contribution in [0.1, 0.15) is 31.9 Å². The zero-order chi connectivity index (χ0) is 16.2. The highest BCUT2D eigenvalue weighted by Gasteiger charge is 2.21. The van der Waals surface area contributed by atoms with Crippen molar-refractivity contribution in [3.05, 3.63) is 35.4 Å². The van der Waals surface area contributed by atoms with E-state index in [1.807, 2.05) is 20.8 Å². The molecule has 1 atom stereocenters. The van der Waals surface area contributed by atoms with Gasteiger partial charge in [-0.15, -0.1) is 0 Å². The van der Waals surface area contributed by atoms with Crippen LogP contribution in [0, 0.1) is 12.8 Å². The van der Waals surface area contributed by atoms with E-state index in [-0.39, 0.29) is 16.9 Å². The molecule has 0 aromatic heterocycles. The number of sulfonamides is 1. The Hall–Kier alpha value is -1.66. The third-order valence-corrected chi connectivity index (χ3v) is 4.96. The molecule has 1 unspecified atom stereocenters. The molecule has 6 heteroatoms. The molecule has 1 aromatic rings. The maximum absolute atomic E-state index is 12.4. The Kier molecular flexibility index (Phi) is 5.69. The first-order valence-corrected chi connectivity index (χ1v) is 8.16. The molecule has 0 heterocycles. The fourth-order valence-corrected chi connectivity index (χ4v) is 3.29. The largest absolute Gasteiger partial charge is 0.478 e. The number of hydrogen-bond acceptors (Lipinski definition) is 3. The standard InChI is InChI=1S/C15H21NO4S/c1-10(2)12(4)16-21(19,20)14-9-13(6-5-11(14)3)7-8-15(17)18/h5-10,12,16H,1-4H3,(H,17,18). The summed E-state index contributed by atoms with van der Waals surface area (Å²) in [6, 6.07) is 4.63. The van der Waals surface area contributed by atoms with Crippen LogP contribution in [0.5, 0.6) is 0 Å². The van der Waals surface area contributed by atoms with Gasteiger partial charge < -0.3 is 5.11 Å². The topological polar surface area (TPSA) is 83.5 Å². The quantitative estimate of drug-likeness (QED) is 0.790. The molecule has 21 heavy (non-hydrogen) atoms. The molecule has 0 aliphatic heterocycles. The number of aryl methyl sites for hydroxylation is 1. The minimum atomic E-state index is -3.63. The Morgan fingerprint density at radius 2 is 1.90 bits per heavy atom. The van der Waals surface area contributed by atoms with Crippen molar-refractivity contribution in [1.82, 2.24) is 4.72 Å². The normalized spacial score (nSPS) is 13.8. The van der Waals surface area contributed by atoms with E-state index in [1.165, 1.54) is 12.1 Å². The summed E-state index contributed by atoms with van der Waals surface area (Å²) in [6.07, 6.45) is 2.35. The fourth-order valence-electron chi connectivity index (χ4n) is 1.62. The van der Waals surface area contributed by atoms with Gasteiger partial charge in [0, 0.05) is 12.1 Å². The highest BCUT2D eigenvalue weighted by molar-refractivity contribution is 7.89. The van der Waals surface area contributed by atoms with E-state index < -0.39 is 16.0 Å². The molecule has 1 rings (SSSR count). The van der Waals surface area contributed by atoms with Crippen LogP contribution in [0.15, 0.2) is 29.2 Å². The minimum Gasteiger partial charge on any atom is -0.478 e. The van der Waals surface area contributed by atoms with Gasteiger partial charge in [-0.05, 0) is 43.0 Å². The number of nitrogens with one attached hydrogen (secondary N) is 1. The number of aliphatic carboxylic acids is 1. The lowest BCUT2D eigenvalue weighted by atomic mass is 10.1. The first-order valence-electron chi connectivity index (χ1n) is 6.67. The number of benzene rings is 1. The maximum Gasteiger partial charge on any atom is 0.328 e. The monoisotopic (exact) mass is 311 g/mol. The lowest BCUT2D eigenvalue weighted by Gasteiger charge is -2.18. The van der Waals surface area contributed by atoms with Gasteiger partial charge in [0.05, 0.1) is 4.90 Å². The minimum absolute atomic E-state index is 0.169. The van der Waals surface area contributed by atoms with Gasteiger partial charge >= 0.3 is 5.97 Å². The zero-order valence-corrected chi connectivity index (χ0v) is 13.4. The van der Waals surface area contributed by atoms with Crippen LogP contribution in [0.4, 0.5) is 0 Å². The second kappa shape index (κ2) is 6.87. The van der Waals surface area contributed by atoms with Gasteiger partial charge in [0.15, 0.2) is 0 Å². The van der Waals surface area contributed by atoms with Crippen molar-refractivity contribution in [2.24, 2.45) is 5.92 Å². The zero-order valence-electron chi connectivity index (χ0n) is 12.6. The summed E-state index contributed by atoms with van der Waals surface area (Å²) in [4.78, 5) is 10.7. The molecule has 0 saturated carbocycles. The van der Waals surface area contributed by atoms with Crippen molar-refractivity contribution in [2.75, 3.05) is 0 Å².